The number of benzene rings is 2. The molecule has 0 saturated carbocycles. The van der Waals surface area contributed by atoms with Gasteiger partial charge in [0.15, 0.2) is 5.17 Å². The Morgan fingerprint density at radius 1 is 1.17 bits per heavy atom. The summed E-state index contributed by atoms with van der Waals surface area (Å²) < 4.78 is 6.57. The minimum atomic E-state index is -0.122. The maximum atomic E-state index is 12.1. The second-order valence-corrected chi connectivity index (χ2v) is 7.24. The van der Waals surface area contributed by atoms with Crippen LogP contribution in [0.15, 0.2) is 58.4 Å². The summed E-state index contributed by atoms with van der Waals surface area (Å²) in [6, 6.07) is 15.5. The van der Waals surface area contributed by atoms with Crippen molar-refractivity contribution in [1.82, 2.24) is 5.32 Å². The Morgan fingerprint density at radius 3 is 2.54 bits per heavy atom. The van der Waals surface area contributed by atoms with Crippen LogP contribution in [-0.2, 0) is 4.79 Å². The summed E-state index contributed by atoms with van der Waals surface area (Å²) in [6.45, 7) is 2.58. The second-order valence-electron chi connectivity index (χ2n) is 4.96. The number of aliphatic imine (C=N–C) groups is 1. The molecule has 1 N–H and O–H groups in total. The van der Waals surface area contributed by atoms with Gasteiger partial charge < -0.3 is 10.1 Å². The van der Waals surface area contributed by atoms with E-state index >= 15 is 0 Å². The van der Waals surface area contributed by atoms with Crippen LogP contribution in [0.2, 0.25) is 0 Å². The summed E-state index contributed by atoms with van der Waals surface area (Å²) in [4.78, 5) is 17.2. The van der Waals surface area contributed by atoms with Gasteiger partial charge >= 0.3 is 0 Å². The Hall–Kier alpha value is -1.80. The monoisotopic (exact) mass is 450 g/mol. The Bertz CT molecular complexity index is 799. The molecule has 1 saturated heterocycles. The van der Waals surface area contributed by atoms with E-state index in [1.807, 2.05) is 61.5 Å². The molecule has 1 aliphatic heterocycles. The van der Waals surface area contributed by atoms with Crippen molar-refractivity contribution < 1.29 is 9.53 Å². The normalized spacial score (nSPS) is 17.3. The van der Waals surface area contributed by atoms with Gasteiger partial charge in [0.25, 0.3) is 5.91 Å². The highest BCUT2D eigenvalue weighted by Crippen LogP contribution is 2.28. The molecule has 2 aromatic rings. The lowest BCUT2D eigenvalue weighted by Gasteiger charge is -2.02. The minimum absolute atomic E-state index is 0.122. The van der Waals surface area contributed by atoms with Gasteiger partial charge in [-0.2, -0.15) is 0 Å². The molecule has 1 amide bonds. The topological polar surface area (TPSA) is 50.7 Å². The first-order valence-electron chi connectivity index (χ1n) is 7.42. The number of hydrogen-bond acceptors (Lipinski definition) is 4. The number of nitrogens with one attached hydrogen (secondary N) is 1. The fourth-order valence-corrected chi connectivity index (χ4v) is 3.29. The standard InChI is InChI=1S/C18H15IN2O2S/c1-2-23-15-9-7-14(8-10-15)20-18-21-17(22)16(24-18)11-12-3-5-13(19)6-4-12/h3-11H,2H2,1H3,(H,20,21,22)/b16-11-. The summed E-state index contributed by atoms with van der Waals surface area (Å²) in [5, 5.41) is 3.38. The van der Waals surface area contributed by atoms with Crippen molar-refractivity contribution in [2.75, 3.05) is 6.61 Å². The molecule has 3 rings (SSSR count). The summed E-state index contributed by atoms with van der Waals surface area (Å²) in [7, 11) is 0. The van der Waals surface area contributed by atoms with Gasteiger partial charge in [0.1, 0.15) is 5.75 Å². The van der Waals surface area contributed by atoms with Crippen LogP contribution in [0.5, 0.6) is 5.75 Å². The van der Waals surface area contributed by atoms with Crippen molar-refractivity contribution in [1.29, 1.82) is 0 Å². The van der Waals surface area contributed by atoms with E-state index in [1.165, 1.54) is 11.8 Å². The van der Waals surface area contributed by atoms with Crippen LogP contribution in [0.1, 0.15) is 12.5 Å². The van der Waals surface area contributed by atoms with E-state index in [1.54, 1.807) is 0 Å². The SMILES string of the molecule is CCOc1ccc(N=C2NC(=O)/C(=C/c3ccc(I)cc3)S2)cc1. The predicted molar refractivity (Wildman–Crippen MR) is 108 cm³/mol. The molecular formula is C18H15IN2O2S. The van der Waals surface area contributed by atoms with Gasteiger partial charge in [-0.25, -0.2) is 4.99 Å². The van der Waals surface area contributed by atoms with Gasteiger partial charge in [0, 0.05) is 3.57 Å². The third kappa shape index (κ3) is 4.39. The minimum Gasteiger partial charge on any atom is -0.494 e. The van der Waals surface area contributed by atoms with Crippen molar-refractivity contribution >= 4 is 57.2 Å². The highest BCUT2D eigenvalue weighted by atomic mass is 127. The Balaban J connectivity index is 1.75. The van der Waals surface area contributed by atoms with E-state index in [-0.39, 0.29) is 5.91 Å². The Labute approximate surface area is 158 Å². The average Bonchev–Trinajstić information content (AvgIpc) is 2.91. The van der Waals surface area contributed by atoms with Crippen molar-refractivity contribution in [3.8, 4) is 5.75 Å². The molecule has 1 aliphatic rings. The van der Waals surface area contributed by atoms with Gasteiger partial charge in [-0.05, 0) is 89.3 Å². The van der Waals surface area contributed by atoms with Crippen LogP contribution in [0.4, 0.5) is 5.69 Å². The molecule has 0 radical (unpaired) electrons. The lowest BCUT2D eigenvalue weighted by Crippen LogP contribution is -2.19. The quantitative estimate of drug-likeness (QED) is 0.548. The van der Waals surface area contributed by atoms with Gasteiger partial charge in [-0.15, -0.1) is 0 Å². The van der Waals surface area contributed by atoms with Gasteiger partial charge in [-0.1, -0.05) is 12.1 Å². The van der Waals surface area contributed by atoms with Crippen LogP contribution in [0.25, 0.3) is 6.08 Å². The number of amidine groups is 1. The second kappa shape index (κ2) is 7.85. The summed E-state index contributed by atoms with van der Waals surface area (Å²) in [5.74, 6) is 0.687. The number of rotatable bonds is 4. The zero-order valence-corrected chi connectivity index (χ0v) is 15.9. The van der Waals surface area contributed by atoms with Crippen LogP contribution in [0.3, 0.4) is 0 Å². The smallest absolute Gasteiger partial charge is 0.264 e. The number of halogens is 1. The van der Waals surface area contributed by atoms with E-state index in [2.05, 4.69) is 32.9 Å². The molecule has 0 unspecified atom stereocenters. The van der Waals surface area contributed by atoms with Crippen molar-refractivity contribution in [2.24, 2.45) is 4.99 Å². The first-order chi connectivity index (χ1) is 11.6. The molecular weight excluding hydrogens is 435 g/mol. The highest BCUT2D eigenvalue weighted by molar-refractivity contribution is 14.1. The first kappa shape index (κ1) is 17.0. The van der Waals surface area contributed by atoms with E-state index < -0.39 is 0 Å². The molecule has 6 heteroatoms. The lowest BCUT2D eigenvalue weighted by molar-refractivity contribution is -0.115. The number of nitrogens with zero attached hydrogens (tertiary/aromatic N) is 1. The molecule has 0 aromatic heterocycles. The molecule has 0 spiro atoms. The van der Waals surface area contributed by atoms with Crippen molar-refractivity contribution in [2.45, 2.75) is 6.92 Å². The number of thioether (sulfide) groups is 1. The molecule has 2 aromatic carbocycles. The largest absolute Gasteiger partial charge is 0.494 e. The molecule has 0 aliphatic carbocycles. The zero-order chi connectivity index (χ0) is 16.9. The van der Waals surface area contributed by atoms with Gasteiger partial charge in [0.2, 0.25) is 0 Å². The third-order valence-corrected chi connectivity index (χ3v) is 4.83. The van der Waals surface area contributed by atoms with Crippen molar-refractivity contribution in [3.05, 3.63) is 62.6 Å². The molecule has 1 heterocycles. The van der Waals surface area contributed by atoms with E-state index in [0.29, 0.717) is 16.7 Å². The number of amides is 1. The maximum Gasteiger partial charge on any atom is 0.264 e. The van der Waals surface area contributed by atoms with Crippen LogP contribution in [-0.4, -0.2) is 17.7 Å². The van der Waals surface area contributed by atoms with Crippen LogP contribution < -0.4 is 10.1 Å². The summed E-state index contributed by atoms with van der Waals surface area (Å²) in [5.41, 5.74) is 1.77. The number of carbonyl (C=O) groups is 1. The van der Waals surface area contributed by atoms with Crippen LogP contribution in [0, 0.1) is 3.57 Å². The number of ether oxygens (including phenoxy) is 1. The van der Waals surface area contributed by atoms with Crippen LogP contribution >= 0.6 is 34.4 Å². The summed E-state index contributed by atoms with van der Waals surface area (Å²) in [6.07, 6.45) is 1.87. The van der Waals surface area contributed by atoms with E-state index in [0.717, 1.165) is 20.6 Å². The highest BCUT2D eigenvalue weighted by Gasteiger charge is 2.23. The third-order valence-electron chi connectivity index (χ3n) is 3.20. The first-order valence-corrected chi connectivity index (χ1v) is 9.31. The maximum absolute atomic E-state index is 12.1. The molecule has 0 atom stereocenters. The zero-order valence-electron chi connectivity index (χ0n) is 13.0. The average molecular weight is 450 g/mol. The van der Waals surface area contributed by atoms with Gasteiger partial charge in [0.05, 0.1) is 17.2 Å². The number of hydrogen-bond donors (Lipinski definition) is 1. The molecule has 24 heavy (non-hydrogen) atoms. The molecule has 1 fully saturated rings. The predicted octanol–water partition coefficient (Wildman–Crippen LogP) is 4.58. The molecule has 0 bridgehead atoms. The number of carbonyl (C=O) groups excluding carboxylic acids is 1. The molecule has 4 nitrogen and oxygen atoms in total. The lowest BCUT2D eigenvalue weighted by atomic mass is 10.2. The summed E-state index contributed by atoms with van der Waals surface area (Å²) >= 11 is 3.60. The molecule has 122 valence electrons. The fraction of sp³-hybridized carbons (Fsp3) is 0.111. The van der Waals surface area contributed by atoms with E-state index in [9.17, 15) is 4.79 Å². The Morgan fingerprint density at radius 2 is 1.88 bits per heavy atom. The van der Waals surface area contributed by atoms with Gasteiger partial charge in [-0.3, -0.25) is 4.79 Å². The van der Waals surface area contributed by atoms with Crippen molar-refractivity contribution in [3.63, 3.8) is 0 Å². The van der Waals surface area contributed by atoms with E-state index in [4.69, 9.17) is 4.74 Å². The Kier molecular flexibility index (Phi) is 5.57. The fourth-order valence-electron chi connectivity index (χ4n) is 2.09.